The number of anilines is 2. The van der Waals surface area contributed by atoms with Gasteiger partial charge in [-0.1, -0.05) is 20.8 Å². The summed E-state index contributed by atoms with van der Waals surface area (Å²) in [7, 11) is 4.01. The second-order valence-electron chi connectivity index (χ2n) is 10.2. The lowest BCUT2D eigenvalue weighted by atomic mass is 9.92. The summed E-state index contributed by atoms with van der Waals surface area (Å²) >= 11 is 0. The van der Waals surface area contributed by atoms with E-state index in [0.717, 1.165) is 49.2 Å². The monoisotopic (exact) mass is 415 g/mol. The van der Waals surface area contributed by atoms with E-state index in [-0.39, 0.29) is 29.3 Å². The predicted molar refractivity (Wildman–Crippen MR) is 121 cm³/mol. The van der Waals surface area contributed by atoms with Crippen molar-refractivity contribution in [2.75, 3.05) is 37.5 Å². The molecule has 1 aromatic carbocycles. The summed E-state index contributed by atoms with van der Waals surface area (Å²) in [5.74, 6) is 0.414. The van der Waals surface area contributed by atoms with Crippen LogP contribution in [0.25, 0.3) is 0 Å². The van der Waals surface area contributed by atoms with Gasteiger partial charge in [-0.05, 0) is 54.9 Å². The van der Waals surface area contributed by atoms with Gasteiger partial charge in [0, 0.05) is 57.5 Å². The minimum atomic E-state index is -0.0642. The van der Waals surface area contributed by atoms with E-state index in [1.54, 1.807) is 0 Å². The van der Waals surface area contributed by atoms with Crippen LogP contribution in [0.15, 0.2) is 18.2 Å². The van der Waals surface area contributed by atoms with Gasteiger partial charge in [-0.15, -0.1) is 0 Å². The second kappa shape index (κ2) is 9.38. The molecular formula is C24H37N3O3. The smallest absolute Gasteiger partial charge is 0.226 e. The molecule has 1 atom stereocenters. The van der Waals surface area contributed by atoms with Crippen molar-refractivity contribution < 1.29 is 14.3 Å². The third kappa shape index (κ3) is 6.46. The quantitative estimate of drug-likeness (QED) is 0.696. The molecule has 6 nitrogen and oxygen atoms in total. The zero-order valence-electron chi connectivity index (χ0n) is 19.2. The van der Waals surface area contributed by atoms with Gasteiger partial charge >= 0.3 is 0 Å². The van der Waals surface area contributed by atoms with Crippen molar-refractivity contribution in [1.29, 1.82) is 0 Å². The molecule has 30 heavy (non-hydrogen) atoms. The molecule has 1 aliphatic carbocycles. The van der Waals surface area contributed by atoms with Crippen LogP contribution in [0.5, 0.6) is 0 Å². The van der Waals surface area contributed by atoms with Crippen molar-refractivity contribution >= 4 is 23.2 Å². The third-order valence-corrected chi connectivity index (χ3v) is 5.58. The Labute approximate surface area is 180 Å². The van der Waals surface area contributed by atoms with Gasteiger partial charge in [0.25, 0.3) is 0 Å². The van der Waals surface area contributed by atoms with Gasteiger partial charge in [-0.25, -0.2) is 0 Å². The Kier molecular flexibility index (Phi) is 7.06. The normalized spacial score (nSPS) is 18.9. The number of carbonyl (C=O) groups is 2. The fourth-order valence-corrected chi connectivity index (χ4v) is 3.97. The Bertz CT molecular complexity index is 759. The van der Waals surface area contributed by atoms with Crippen LogP contribution in [0.1, 0.15) is 58.4 Å². The zero-order chi connectivity index (χ0) is 21.9. The number of nitrogens with one attached hydrogen (secondary N) is 1. The van der Waals surface area contributed by atoms with Crippen molar-refractivity contribution in [3.05, 3.63) is 23.8 Å². The van der Waals surface area contributed by atoms with Crippen molar-refractivity contribution in [2.24, 2.45) is 11.3 Å². The molecular weight excluding hydrogens is 378 g/mol. The Morgan fingerprint density at radius 1 is 1.17 bits per heavy atom. The van der Waals surface area contributed by atoms with E-state index in [0.29, 0.717) is 19.5 Å². The van der Waals surface area contributed by atoms with Crippen molar-refractivity contribution in [1.82, 2.24) is 4.90 Å². The predicted octanol–water partition coefficient (Wildman–Crippen LogP) is 4.04. The molecule has 0 aromatic heterocycles. The lowest BCUT2D eigenvalue weighted by molar-refractivity contribution is -0.134. The fraction of sp³-hybridized carbons (Fsp3) is 0.667. The first kappa shape index (κ1) is 22.6. The van der Waals surface area contributed by atoms with E-state index in [2.05, 4.69) is 31.0 Å². The number of hydrogen-bond donors (Lipinski definition) is 1. The average molecular weight is 416 g/mol. The van der Waals surface area contributed by atoms with E-state index >= 15 is 0 Å². The van der Waals surface area contributed by atoms with Crippen molar-refractivity contribution in [2.45, 2.75) is 65.5 Å². The maximum absolute atomic E-state index is 13.0. The second-order valence-corrected chi connectivity index (χ2v) is 10.2. The highest BCUT2D eigenvalue weighted by Crippen LogP contribution is 2.33. The van der Waals surface area contributed by atoms with Crippen LogP contribution in [0.2, 0.25) is 0 Å². The van der Waals surface area contributed by atoms with Gasteiger partial charge in [0.2, 0.25) is 11.8 Å². The molecule has 166 valence electrons. The van der Waals surface area contributed by atoms with E-state index in [1.165, 1.54) is 0 Å². The molecule has 2 fully saturated rings. The van der Waals surface area contributed by atoms with Gasteiger partial charge in [0.15, 0.2) is 0 Å². The molecule has 6 heteroatoms. The highest BCUT2D eigenvalue weighted by molar-refractivity contribution is 5.91. The highest BCUT2D eigenvalue weighted by Gasteiger charge is 2.35. The van der Waals surface area contributed by atoms with Crippen LogP contribution in [-0.4, -0.2) is 50.1 Å². The molecule has 1 saturated carbocycles. The van der Waals surface area contributed by atoms with Crippen LogP contribution >= 0.6 is 0 Å². The first-order valence-electron chi connectivity index (χ1n) is 11.1. The maximum Gasteiger partial charge on any atom is 0.226 e. The van der Waals surface area contributed by atoms with Crippen LogP contribution in [-0.2, 0) is 20.9 Å². The minimum Gasteiger partial charge on any atom is -0.377 e. The molecule has 2 amide bonds. The molecule has 1 N–H and O–H groups in total. The SMILES string of the molecule is CN(C)c1ccc(NC(=O)CC(C)(C)C)cc1CN(C[C@@H]1CCCO1)C(=O)C1CC1. The van der Waals surface area contributed by atoms with E-state index < -0.39 is 0 Å². The number of hydrogen-bond acceptors (Lipinski definition) is 4. The molecule has 3 rings (SSSR count). The topological polar surface area (TPSA) is 61.9 Å². The number of amides is 2. The summed E-state index contributed by atoms with van der Waals surface area (Å²) in [5.41, 5.74) is 2.82. The summed E-state index contributed by atoms with van der Waals surface area (Å²) in [5, 5.41) is 3.03. The number of carbonyl (C=O) groups excluding carboxylic acids is 2. The number of benzene rings is 1. The first-order chi connectivity index (χ1) is 14.1. The Hall–Kier alpha value is -2.08. The Morgan fingerprint density at radius 3 is 2.47 bits per heavy atom. The molecule has 1 aliphatic heterocycles. The summed E-state index contributed by atoms with van der Waals surface area (Å²) in [6.07, 6.45) is 4.65. The van der Waals surface area contributed by atoms with E-state index in [9.17, 15) is 9.59 Å². The van der Waals surface area contributed by atoms with Gasteiger partial charge in [0.05, 0.1) is 6.10 Å². The van der Waals surface area contributed by atoms with E-state index in [1.807, 2.05) is 37.2 Å². The highest BCUT2D eigenvalue weighted by atomic mass is 16.5. The van der Waals surface area contributed by atoms with Crippen molar-refractivity contribution in [3.63, 3.8) is 0 Å². The first-order valence-corrected chi connectivity index (χ1v) is 11.1. The molecule has 1 saturated heterocycles. The summed E-state index contributed by atoms with van der Waals surface area (Å²) in [6, 6.07) is 5.97. The standard InChI is InChI=1S/C24H37N3O3/c1-24(2,3)14-22(28)25-19-10-11-21(26(4)5)18(13-19)15-27(23(29)17-8-9-17)16-20-7-6-12-30-20/h10-11,13,17,20H,6-9,12,14-16H2,1-5H3,(H,25,28)/t20-/m0/s1. The van der Waals surface area contributed by atoms with Crippen LogP contribution in [0, 0.1) is 11.3 Å². The maximum atomic E-state index is 13.0. The number of nitrogens with zero attached hydrogens (tertiary/aromatic N) is 2. The van der Waals surface area contributed by atoms with Crippen molar-refractivity contribution in [3.8, 4) is 0 Å². The lowest BCUT2D eigenvalue weighted by Gasteiger charge is -2.28. The minimum absolute atomic E-state index is 0.0105. The zero-order valence-corrected chi connectivity index (χ0v) is 19.2. The largest absolute Gasteiger partial charge is 0.377 e. The van der Waals surface area contributed by atoms with Crippen LogP contribution < -0.4 is 10.2 Å². The fourth-order valence-electron chi connectivity index (χ4n) is 3.97. The van der Waals surface area contributed by atoms with Gasteiger partial charge < -0.3 is 19.9 Å². The summed E-state index contributed by atoms with van der Waals surface area (Å²) < 4.78 is 5.81. The molecule has 0 bridgehead atoms. The summed E-state index contributed by atoms with van der Waals surface area (Å²) in [6.45, 7) is 8.13. The summed E-state index contributed by atoms with van der Waals surface area (Å²) in [4.78, 5) is 29.4. The van der Waals surface area contributed by atoms with Crippen LogP contribution in [0.4, 0.5) is 11.4 Å². The molecule has 0 unspecified atom stereocenters. The van der Waals surface area contributed by atoms with Gasteiger partial charge in [-0.2, -0.15) is 0 Å². The van der Waals surface area contributed by atoms with Gasteiger partial charge in [0.1, 0.15) is 0 Å². The number of ether oxygens (including phenoxy) is 1. The molecule has 0 spiro atoms. The molecule has 1 heterocycles. The molecule has 1 aromatic rings. The van der Waals surface area contributed by atoms with E-state index in [4.69, 9.17) is 4.74 Å². The molecule has 0 radical (unpaired) electrons. The number of rotatable bonds is 8. The third-order valence-electron chi connectivity index (χ3n) is 5.58. The van der Waals surface area contributed by atoms with Crippen LogP contribution in [0.3, 0.4) is 0 Å². The Morgan fingerprint density at radius 2 is 1.90 bits per heavy atom. The molecule has 2 aliphatic rings. The average Bonchev–Trinajstić information content (AvgIpc) is 3.36. The lowest BCUT2D eigenvalue weighted by Crippen LogP contribution is -2.38. The Balaban J connectivity index is 1.79. The van der Waals surface area contributed by atoms with Gasteiger partial charge in [-0.3, -0.25) is 9.59 Å².